The molecule has 2 rings (SSSR count). The summed E-state index contributed by atoms with van der Waals surface area (Å²) in [5.74, 6) is 0.267. The molecule has 94 valence electrons. The van der Waals surface area contributed by atoms with Crippen molar-refractivity contribution in [2.75, 3.05) is 7.11 Å². The van der Waals surface area contributed by atoms with Crippen LogP contribution in [0.5, 0.6) is 0 Å². The molecule has 0 fully saturated rings. The number of aromatic amines is 1. The summed E-state index contributed by atoms with van der Waals surface area (Å²) < 4.78 is 5.00. The van der Waals surface area contributed by atoms with Gasteiger partial charge in [0.2, 0.25) is 0 Å². The van der Waals surface area contributed by atoms with E-state index in [0.717, 1.165) is 5.56 Å². The Morgan fingerprint density at radius 2 is 2.17 bits per heavy atom. The third-order valence-corrected chi connectivity index (χ3v) is 2.32. The molecule has 0 radical (unpaired) electrons. The van der Waals surface area contributed by atoms with E-state index in [2.05, 4.69) is 25.9 Å². The predicted octanol–water partition coefficient (Wildman–Crippen LogP) is 0.276. The number of hydrogen-bond acceptors (Lipinski definition) is 5. The van der Waals surface area contributed by atoms with Crippen molar-refractivity contribution < 1.29 is 9.53 Å². The second-order valence-corrected chi connectivity index (χ2v) is 3.64. The highest BCUT2D eigenvalue weighted by molar-refractivity contribution is 5.94. The normalized spacial score (nSPS) is 10.3. The van der Waals surface area contributed by atoms with Gasteiger partial charge in [-0.1, -0.05) is 17.3 Å². The number of carbonyl (C=O) groups excluding carboxylic acids is 1. The van der Waals surface area contributed by atoms with Crippen LogP contribution in [0.3, 0.4) is 0 Å². The highest BCUT2D eigenvalue weighted by atomic mass is 16.5. The Kier molecular flexibility index (Phi) is 3.98. The second kappa shape index (κ2) is 5.87. The van der Waals surface area contributed by atoms with Crippen molar-refractivity contribution in [3.8, 4) is 0 Å². The molecule has 0 aliphatic heterocycles. The van der Waals surface area contributed by atoms with Gasteiger partial charge in [0.05, 0.1) is 13.2 Å². The van der Waals surface area contributed by atoms with Crippen molar-refractivity contribution in [1.82, 2.24) is 25.9 Å². The number of tetrazole rings is 1. The van der Waals surface area contributed by atoms with Crippen molar-refractivity contribution in [1.29, 1.82) is 0 Å². The quantitative estimate of drug-likeness (QED) is 0.791. The standard InChI is InChI=1S/C11H13N5O2/c1-18-7-8-2-4-9(5-3-8)11(17)12-6-10-13-15-16-14-10/h2-5H,6-7H2,1H3,(H,12,17)(H,13,14,15,16). The summed E-state index contributed by atoms with van der Waals surface area (Å²) in [6, 6.07) is 7.21. The van der Waals surface area contributed by atoms with Gasteiger partial charge in [0.1, 0.15) is 0 Å². The third-order valence-electron chi connectivity index (χ3n) is 2.32. The van der Waals surface area contributed by atoms with Gasteiger partial charge in [0.25, 0.3) is 5.91 Å². The number of nitrogens with zero attached hydrogens (tertiary/aromatic N) is 3. The number of amides is 1. The van der Waals surface area contributed by atoms with E-state index in [0.29, 0.717) is 18.0 Å². The van der Waals surface area contributed by atoms with Crippen LogP contribution < -0.4 is 5.32 Å². The number of ether oxygens (including phenoxy) is 1. The van der Waals surface area contributed by atoms with Crippen molar-refractivity contribution in [3.05, 3.63) is 41.2 Å². The lowest BCUT2D eigenvalue weighted by molar-refractivity contribution is 0.0950. The van der Waals surface area contributed by atoms with Crippen LogP contribution in [0.25, 0.3) is 0 Å². The topological polar surface area (TPSA) is 92.8 Å². The summed E-state index contributed by atoms with van der Waals surface area (Å²) in [7, 11) is 1.63. The third kappa shape index (κ3) is 3.11. The Morgan fingerprint density at radius 3 is 2.78 bits per heavy atom. The molecule has 0 atom stereocenters. The minimum atomic E-state index is -0.177. The Labute approximate surface area is 104 Å². The summed E-state index contributed by atoms with van der Waals surface area (Å²) in [5.41, 5.74) is 1.60. The zero-order chi connectivity index (χ0) is 12.8. The van der Waals surface area contributed by atoms with E-state index in [1.54, 1.807) is 19.2 Å². The van der Waals surface area contributed by atoms with Gasteiger partial charge in [-0.3, -0.25) is 4.79 Å². The molecule has 0 saturated heterocycles. The summed E-state index contributed by atoms with van der Waals surface area (Å²) in [5, 5.41) is 15.9. The molecule has 0 aliphatic rings. The molecule has 1 aromatic heterocycles. The van der Waals surface area contributed by atoms with Gasteiger partial charge in [-0.05, 0) is 17.7 Å². The van der Waals surface area contributed by atoms with E-state index in [4.69, 9.17) is 4.74 Å². The van der Waals surface area contributed by atoms with Crippen molar-refractivity contribution in [3.63, 3.8) is 0 Å². The van der Waals surface area contributed by atoms with E-state index in [1.165, 1.54) is 0 Å². The summed E-state index contributed by atoms with van der Waals surface area (Å²) >= 11 is 0. The molecule has 0 spiro atoms. The summed E-state index contributed by atoms with van der Waals surface area (Å²) in [4.78, 5) is 11.8. The molecule has 0 unspecified atom stereocenters. The number of methoxy groups -OCH3 is 1. The average molecular weight is 247 g/mol. The molecule has 7 heteroatoms. The maximum Gasteiger partial charge on any atom is 0.251 e. The molecular formula is C11H13N5O2. The van der Waals surface area contributed by atoms with E-state index in [9.17, 15) is 4.79 Å². The van der Waals surface area contributed by atoms with Crippen molar-refractivity contribution in [2.45, 2.75) is 13.2 Å². The molecule has 7 nitrogen and oxygen atoms in total. The first kappa shape index (κ1) is 12.2. The Balaban J connectivity index is 1.92. The molecular weight excluding hydrogens is 234 g/mol. The molecule has 18 heavy (non-hydrogen) atoms. The lowest BCUT2D eigenvalue weighted by atomic mass is 10.1. The van der Waals surface area contributed by atoms with Gasteiger partial charge in [-0.15, -0.1) is 10.2 Å². The van der Waals surface area contributed by atoms with Crippen LogP contribution in [0.4, 0.5) is 0 Å². The molecule has 0 saturated carbocycles. The van der Waals surface area contributed by atoms with Gasteiger partial charge in [-0.2, -0.15) is 5.21 Å². The Hall–Kier alpha value is -2.28. The van der Waals surface area contributed by atoms with E-state index in [1.807, 2.05) is 12.1 Å². The largest absolute Gasteiger partial charge is 0.380 e. The van der Waals surface area contributed by atoms with Gasteiger partial charge < -0.3 is 10.1 Å². The van der Waals surface area contributed by atoms with Crippen LogP contribution in [-0.2, 0) is 17.9 Å². The van der Waals surface area contributed by atoms with Crippen LogP contribution in [-0.4, -0.2) is 33.6 Å². The van der Waals surface area contributed by atoms with E-state index in [-0.39, 0.29) is 12.5 Å². The minimum Gasteiger partial charge on any atom is -0.380 e. The molecule has 2 aromatic rings. The SMILES string of the molecule is COCc1ccc(C(=O)NCc2nn[nH]n2)cc1. The maximum atomic E-state index is 11.8. The van der Waals surface area contributed by atoms with Gasteiger partial charge in [0, 0.05) is 12.7 Å². The number of aromatic nitrogens is 4. The van der Waals surface area contributed by atoms with E-state index >= 15 is 0 Å². The molecule has 1 aromatic carbocycles. The highest BCUT2D eigenvalue weighted by Gasteiger charge is 2.06. The van der Waals surface area contributed by atoms with Crippen LogP contribution in [0, 0.1) is 0 Å². The van der Waals surface area contributed by atoms with Crippen LogP contribution >= 0.6 is 0 Å². The Morgan fingerprint density at radius 1 is 1.39 bits per heavy atom. The highest BCUT2D eigenvalue weighted by Crippen LogP contribution is 2.05. The number of nitrogens with one attached hydrogen (secondary N) is 2. The fourth-order valence-electron chi connectivity index (χ4n) is 1.44. The lowest BCUT2D eigenvalue weighted by Gasteiger charge is -2.04. The Bertz CT molecular complexity index is 495. The summed E-state index contributed by atoms with van der Waals surface area (Å²) in [6.07, 6.45) is 0. The van der Waals surface area contributed by atoms with Gasteiger partial charge in [0.15, 0.2) is 5.82 Å². The van der Waals surface area contributed by atoms with Crippen LogP contribution in [0.15, 0.2) is 24.3 Å². The molecule has 0 aliphatic carbocycles. The summed E-state index contributed by atoms with van der Waals surface area (Å²) in [6.45, 7) is 0.778. The van der Waals surface area contributed by atoms with Gasteiger partial charge >= 0.3 is 0 Å². The zero-order valence-corrected chi connectivity index (χ0v) is 9.88. The van der Waals surface area contributed by atoms with Crippen molar-refractivity contribution in [2.24, 2.45) is 0 Å². The molecule has 1 amide bonds. The first-order chi connectivity index (χ1) is 8.79. The fraction of sp³-hybridized carbons (Fsp3) is 0.273. The predicted molar refractivity (Wildman–Crippen MR) is 62.5 cm³/mol. The van der Waals surface area contributed by atoms with Gasteiger partial charge in [-0.25, -0.2) is 0 Å². The monoisotopic (exact) mass is 247 g/mol. The number of hydrogen-bond donors (Lipinski definition) is 2. The maximum absolute atomic E-state index is 11.8. The molecule has 1 heterocycles. The average Bonchev–Trinajstić information content (AvgIpc) is 2.90. The fourth-order valence-corrected chi connectivity index (χ4v) is 1.44. The second-order valence-electron chi connectivity index (χ2n) is 3.64. The number of H-pyrrole nitrogens is 1. The zero-order valence-electron chi connectivity index (χ0n) is 9.88. The minimum absolute atomic E-state index is 0.177. The molecule has 0 bridgehead atoms. The van der Waals surface area contributed by atoms with Crippen LogP contribution in [0.1, 0.15) is 21.7 Å². The number of benzene rings is 1. The number of rotatable bonds is 5. The number of carbonyl (C=O) groups is 1. The van der Waals surface area contributed by atoms with Crippen molar-refractivity contribution >= 4 is 5.91 Å². The molecule has 2 N–H and O–H groups in total. The first-order valence-electron chi connectivity index (χ1n) is 5.38. The first-order valence-corrected chi connectivity index (χ1v) is 5.38. The smallest absolute Gasteiger partial charge is 0.251 e. The van der Waals surface area contributed by atoms with E-state index < -0.39 is 0 Å². The lowest BCUT2D eigenvalue weighted by Crippen LogP contribution is -2.23. The van der Waals surface area contributed by atoms with Crippen LogP contribution in [0.2, 0.25) is 0 Å².